The molecule has 0 saturated heterocycles. The summed E-state index contributed by atoms with van der Waals surface area (Å²) in [6.07, 6.45) is 1.45. The summed E-state index contributed by atoms with van der Waals surface area (Å²) in [6, 6.07) is 0. The molecule has 0 radical (unpaired) electrons. The summed E-state index contributed by atoms with van der Waals surface area (Å²) in [4.78, 5) is 24.2. The Labute approximate surface area is 122 Å². The van der Waals surface area contributed by atoms with Gasteiger partial charge in [0.2, 0.25) is 11.8 Å². The van der Waals surface area contributed by atoms with Gasteiger partial charge in [-0.05, 0) is 27.7 Å². The van der Waals surface area contributed by atoms with Crippen LogP contribution in [0.3, 0.4) is 0 Å². The highest BCUT2D eigenvalue weighted by Crippen LogP contribution is 2.12. The van der Waals surface area contributed by atoms with E-state index in [2.05, 4.69) is 20.3 Å². The maximum absolute atomic E-state index is 11.6. The molecule has 1 N–H and O–H groups in total. The number of nitrogens with zero attached hydrogens (tertiary/aromatic N) is 3. The lowest BCUT2D eigenvalue weighted by Gasteiger charge is -2.07. The number of anilines is 1. The minimum absolute atomic E-state index is 0.321. The second-order valence-electron chi connectivity index (χ2n) is 4.52. The van der Waals surface area contributed by atoms with Gasteiger partial charge in [0.15, 0.2) is 0 Å². The molecule has 0 aliphatic carbocycles. The Morgan fingerprint density at radius 1 is 1.29 bits per heavy atom. The van der Waals surface area contributed by atoms with Gasteiger partial charge in [-0.1, -0.05) is 0 Å². The van der Waals surface area contributed by atoms with Crippen LogP contribution in [0.15, 0.2) is 10.6 Å². The van der Waals surface area contributed by atoms with E-state index in [0.717, 1.165) is 11.5 Å². The third-order valence-electron chi connectivity index (χ3n) is 2.95. The molecule has 2 rings (SSSR count). The topological polar surface area (TPSA) is 90.1 Å². The first-order valence-corrected chi connectivity index (χ1v) is 6.68. The summed E-state index contributed by atoms with van der Waals surface area (Å²) < 4.78 is 10.4. The Balaban J connectivity index is 2.04. The average molecular weight is 290 g/mol. The molecule has 0 spiro atoms. The third-order valence-corrected chi connectivity index (χ3v) is 2.95. The molecular weight excluding hydrogens is 272 g/mol. The SMILES string of the molecule is CCOC(=O)c1cnc(NCc2nc(C)c(C)o2)nc1C. The zero-order valence-corrected chi connectivity index (χ0v) is 12.6. The smallest absolute Gasteiger partial charge is 0.341 e. The second-order valence-corrected chi connectivity index (χ2v) is 4.52. The molecule has 0 aromatic carbocycles. The third kappa shape index (κ3) is 3.56. The van der Waals surface area contributed by atoms with Crippen LogP contribution in [0.2, 0.25) is 0 Å². The van der Waals surface area contributed by atoms with Crippen molar-refractivity contribution in [1.82, 2.24) is 15.0 Å². The molecule has 0 atom stereocenters. The maximum atomic E-state index is 11.6. The van der Waals surface area contributed by atoms with Crippen molar-refractivity contribution in [3.63, 3.8) is 0 Å². The number of rotatable bonds is 5. The summed E-state index contributed by atoms with van der Waals surface area (Å²) >= 11 is 0. The Morgan fingerprint density at radius 2 is 2.05 bits per heavy atom. The highest BCUT2D eigenvalue weighted by atomic mass is 16.5. The molecule has 7 nitrogen and oxygen atoms in total. The van der Waals surface area contributed by atoms with E-state index in [1.54, 1.807) is 13.8 Å². The van der Waals surface area contributed by atoms with Gasteiger partial charge in [0.25, 0.3) is 0 Å². The summed E-state index contributed by atoms with van der Waals surface area (Å²) in [6.45, 7) is 7.94. The monoisotopic (exact) mass is 290 g/mol. The molecule has 2 aromatic rings. The molecule has 0 fully saturated rings. The predicted octanol–water partition coefficient (Wildman–Crippen LogP) is 2.18. The van der Waals surface area contributed by atoms with E-state index in [9.17, 15) is 4.79 Å². The van der Waals surface area contributed by atoms with Crippen molar-refractivity contribution in [2.24, 2.45) is 0 Å². The number of aromatic nitrogens is 3. The number of hydrogen-bond acceptors (Lipinski definition) is 7. The second kappa shape index (κ2) is 6.34. The van der Waals surface area contributed by atoms with Crippen molar-refractivity contribution in [3.8, 4) is 0 Å². The fraction of sp³-hybridized carbons (Fsp3) is 0.429. The number of nitrogens with one attached hydrogen (secondary N) is 1. The number of carbonyl (C=O) groups is 1. The number of esters is 1. The molecular formula is C14H18N4O3. The van der Waals surface area contributed by atoms with Crippen molar-refractivity contribution in [2.75, 3.05) is 11.9 Å². The van der Waals surface area contributed by atoms with Crippen LogP contribution < -0.4 is 5.32 Å². The molecule has 21 heavy (non-hydrogen) atoms. The Hall–Kier alpha value is -2.44. The zero-order chi connectivity index (χ0) is 15.4. The first-order chi connectivity index (χ1) is 10.0. The quantitative estimate of drug-likeness (QED) is 0.844. The van der Waals surface area contributed by atoms with Crippen LogP contribution in [-0.4, -0.2) is 27.5 Å². The first kappa shape index (κ1) is 15.0. The van der Waals surface area contributed by atoms with E-state index in [0.29, 0.717) is 36.2 Å². The van der Waals surface area contributed by atoms with Crippen molar-refractivity contribution >= 4 is 11.9 Å². The lowest BCUT2D eigenvalue weighted by molar-refractivity contribution is 0.0524. The highest BCUT2D eigenvalue weighted by Gasteiger charge is 2.13. The number of carbonyl (C=O) groups excluding carboxylic acids is 1. The lowest BCUT2D eigenvalue weighted by Crippen LogP contribution is -2.11. The molecule has 2 heterocycles. The van der Waals surface area contributed by atoms with Gasteiger partial charge in [0.05, 0.1) is 30.1 Å². The summed E-state index contributed by atoms with van der Waals surface area (Å²) in [7, 11) is 0. The van der Waals surface area contributed by atoms with E-state index < -0.39 is 5.97 Å². The largest absolute Gasteiger partial charge is 0.462 e. The standard InChI is InChI=1S/C14H18N4O3/c1-5-20-13(19)11-6-15-14(18-9(11)3)16-7-12-17-8(2)10(4)21-12/h6H,5,7H2,1-4H3,(H,15,16,18). The van der Waals surface area contributed by atoms with Gasteiger partial charge in [-0.15, -0.1) is 0 Å². The van der Waals surface area contributed by atoms with Crippen LogP contribution in [0.5, 0.6) is 0 Å². The zero-order valence-electron chi connectivity index (χ0n) is 12.6. The molecule has 0 aliphatic heterocycles. The average Bonchev–Trinajstić information content (AvgIpc) is 2.76. The van der Waals surface area contributed by atoms with Gasteiger partial charge in [0.1, 0.15) is 5.76 Å². The van der Waals surface area contributed by atoms with Crippen molar-refractivity contribution in [3.05, 3.63) is 34.8 Å². The van der Waals surface area contributed by atoms with Gasteiger partial charge >= 0.3 is 5.97 Å². The highest BCUT2D eigenvalue weighted by molar-refractivity contribution is 5.90. The molecule has 0 saturated carbocycles. The van der Waals surface area contributed by atoms with Crippen molar-refractivity contribution < 1.29 is 13.9 Å². The van der Waals surface area contributed by atoms with E-state index in [-0.39, 0.29) is 0 Å². The molecule has 0 amide bonds. The van der Waals surface area contributed by atoms with Crippen LogP contribution in [0.1, 0.15) is 40.3 Å². The number of aryl methyl sites for hydroxylation is 3. The van der Waals surface area contributed by atoms with Gasteiger partial charge in [-0.3, -0.25) is 0 Å². The number of hydrogen-bond donors (Lipinski definition) is 1. The predicted molar refractivity (Wildman–Crippen MR) is 76.0 cm³/mol. The van der Waals surface area contributed by atoms with Gasteiger partial charge in [-0.2, -0.15) is 0 Å². The minimum Gasteiger partial charge on any atom is -0.462 e. The van der Waals surface area contributed by atoms with Gasteiger partial charge in [0, 0.05) is 6.20 Å². The van der Waals surface area contributed by atoms with E-state index in [1.807, 2.05) is 13.8 Å². The molecule has 2 aromatic heterocycles. The first-order valence-electron chi connectivity index (χ1n) is 6.68. The van der Waals surface area contributed by atoms with E-state index >= 15 is 0 Å². The van der Waals surface area contributed by atoms with Gasteiger partial charge < -0.3 is 14.5 Å². The molecule has 0 unspecified atom stereocenters. The lowest BCUT2D eigenvalue weighted by atomic mass is 10.2. The Morgan fingerprint density at radius 3 is 2.62 bits per heavy atom. The fourth-order valence-corrected chi connectivity index (χ4v) is 1.73. The maximum Gasteiger partial charge on any atom is 0.341 e. The van der Waals surface area contributed by atoms with Crippen LogP contribution in [-0.2, 0) is 11.3 Å². The molecule has 0 bridgehead atoms. The van der Waals surface area contributed by atoms with Crippen molar-refractivity contribution in [2.45, 2.75) is 34.2 Å². The van der Waals surface area contributed by atoms with Crippen molar-refractivity contribution in [1.29, 1.82) is 0 Å². The summed E-state index contributed by atoms with van der Waals surface area (Å²) in [5.74, 6) is 1.36. The minimum atomic E-state index is -0.416. The van der Waals surface area contributed by atoms with Crippen LogP contribution in [0.4, 0.5) is 5.95 Å². The molecule has 112 valence electrons. The summed E-state index contributed by atoms with van der Waals surface area (Å²) in [5.41, 5.74) is 1.79. The van der Waals surface area contributed by atoms with Crippen LogP contribution >= 0.6 is 0 Å². The summed E-state index contributed by atoms with van der Waals surface area (Å²) in [5, 5.41) is 3.01. The molecule has 0 aliphatic rings. The van der Waals surface area contributed by atoms with E-state index in [1.165, 1.54) is 6.20 Å². The fourth-order valence-electron chi connectivity index (χ4n) is 1.73. The molecule has 7 heteroatoms. The van der Waals surface area contributed by atoms with Gasteiger partial charge in [-0.25, -0.2) is 19.7 Å². The normalized spacial score (nSPS) is 10.5. The van der Waals surface area contributed by atoms with Crippen LogP contribution in [0, 0.1) is 20.8 Å². The van der Waals surface area contributed by atoms with E-state index in [4.69, 9.17) is 9.15 Å². The Bertz CT molecular complexity index is 632. The Kier molecular flexibility index (Phi) is 4.52. The number of ether oxygens (including phenoxy) is 1. The van der Waals surface area contributed by atoms with Crippen LogP contribution in [0.25, 0.3) is 0 Å². The number of oxazole rings is 1.